The summed E-state index contributed by atoms with van der Waals surface area (Å²) >= 11 is 4.00. The Hall–Kier alpha value is -0.180. The van der Waals surface area contributed by atoms with Crippen LogP contribution in [0.15, 0.2) is 0 Å². The van der Waals surface area contributed by atoms with Crippen LogP contribution in [0.2, 0.25) is 0 Å². The van der Waals surface area contributed by atoms with Crippen LogP contribution in [0.25, 0.3) is 0 Å². The van der Waals surface area contributed by atoms with Crippen molar-refractivity contribution in [1.29, 1.82) is 0 Å². The van der Waals surface area contributed by atoms with Gasteiger partial charge in [0.25, 0.3) is 0 Å². The van der Waals surface area contributed by atoms with Crippen LogP contribution in [0.3, 0.4) is 0 Å². The first kappa shape index (κ1) is 10.9. The highest BCUT2D eigenvalue weighted by atomic mass is 32.1. The number of esters is 1. The Morgan fingerprint density at radius 2 is 2.00 bits per heavy atom. The average Bonchev–Trinajstić information content (AvgIpc) is 2.04. The van der Waals surface area contributed by atoms with Crippen molar-refractivity contribution in [3.63, 3.8) is 0 Å². The van der Waals surface area contributed by atoms with E-state index in [-0.39, 0.29) is 11.6 Å². The van der Waals surface area contributed by atoms with Crippen LogP contribution in [-0.2, 0) is 9.53 Å². The molecule has 1 fully saturated rings. The second-order valence-corrected chi connectivity index (χ2v) is 4.41. The zero-order valence-electron chi connectivity index (χ0n) is 8.21. The second-order valence-electron chi connectivity index (χ2n) is 3.96. The summed E-state index contributed by atoms with van der Waals surface area (Å²) in [6.07, 6.45) is 6.12. The Labute approximate surface area is 85.4 Å². The average molecular weight is 202 g/mol. The molecule has 13 heavy (non-hydrogen) atoms. The van der Waals surface area contributed by atoms with Crippen LogP contribution < -0.4 is 0 Å². The number of carbonyl (C=O) groups is 1. The lowest BCUT2D eigenvalue weighted by atomic mass is 9.86. The molecular weight excluding hydrogens is 184 g/mol. The summed E-state index contributed by atoms with van der Waals surface area (Å²) in [5.41, 5.74) is -0.182. The molecule has 1 saturated carbocycles. The topological polar surface area (TPSA) is 26.3 Å². The maximum Gasteiger partial charge on any atom is 0.307 e. The van der Waals surface area contributed by atoms with E-state index in [1.54, 1.807) is 0 Å². The highest BCUT2D eigenvalue weighted by molar-refractivity contribution is 7.80. The van der Waals surface area contributed by atoms with Gasteiger partial charge in [-0.15, -0.1) is 0 Å². The molecule has 1 aliphatic carbocycles. The molecule has 0 radical (unpaired) electrons. The molecule has 0 heterocycles. The van der Waals surface area contributed by atoms with Crippen molar-refractivity contribution in [2.75, 3.05) is 5.75 Å². The van der Waals surface area contributed by atoms with Crippen molar-refractivity contribution in [3.05, 3.63) is 0 Å². The summed E-state index contributed by atoms with van der Waals surface area (Å²) in [5.74, 6) is 0.481. The molecule has 0 N–H and O–H groups in total. The first-order valence-electron chi connectivity index (χ1n) is 4.99. The van der Waals surface area contributed by atoms with Gasteiger partial charge in [0.1, 0.15) is 5.60 Å². The van der Waals surface area contributed by atoms with E-state index in [0.29, 0.717) is 12.2 Å². The van der Waals surface area contributed by atoms with Crippen molar-refractivity contribution in [1.82, 2.24) is 0 Å². The van der Waals surface area contributed by atoms with Crippen LogP contribution in [0.1, 0.15) is 45.4 Å². The molecule has 0 spiro atoms. The SMILES string of the molecule is CC1(OC(=O)CCS)CCCCC1. The van der Waals surface area contributed by atoms with Crippen molar-refractivity contribution < 1.29 is 9.53 Å². The normalized spacial score (nSPS) is 21.1. The molecule has 1 rings (SSSR count). The van der Waals surface area contributed by atoms with Gasteiger partial charge in [-0.1, -0.05) is 6.42 Å². The number of hydrogen-bond acceptors (Lipinski definition) is 3. The molecule has 0 amide bonds. The first-order valence-corrected chi connectivity index (χ1v) is 5.62. The van der Waals surface area contributed by atoms with Gasteiger partial charge in [-0.25, -0.2) is 0 Å². The smallest absolute Gasteiger partial charge is 0.307 e. The number of rotatable bonds is 3. The number of hydrogen-bond donors (Lipinski definition) is 1. The Kier molecular flexibility index (Phi) is 4.10. The Bertz CT molecular complexity index is 174. The molecule has 0 aliphatic heterocycles. The number of ether oxygens (including phenoxy) is 1. The van der Waals surface area contributed by atoms with Crippen LogP contribution in [-0.4, -0.2) is 17.3 Å². The first-order chi connectivity index (χ1) is 6.16. The minimum absolute atomic E-state index is 0.0978. The number of carbonyl (C=O) groups excluding carboxylic acids is 1. The van der Waals surface area contributed by atoms with Crippen LogP contribution in [0, 0.1) is 0 Å². The van der Waals surface area contributed by atoms with E-state index >= 15 is 0 Å². The Balaban J connectivity index is 2.36. The van der Waals surface area contributed by atoms with E-state index in [1.807, 2.05) is 6.92 Å². The van der Waals surface area contributed by atoms with Gasteiger partial charge in [-0.2, -0.15) is 12.6 Å². The molecule has 0 aromatic heterocycles. The quantitative estimate of drug-likeness (QED) is 0.562. The Morgan fingerprint density at radius 1 is 1.38 bits per heavy atom. The molecular formula is C10H18O2S. The molecule has 0 atom stereocenters. The van der Waals surface area contributed by atoms with E-state index in [2.05, 4.69) is 12.6 Å². The van der Waals surface area contributed by atoms with Gasteiger partial charge < -0.3 is 4.74 Å². The van der Waals surface area contributed by atoms with Gasteiger partial charge >= 0.3 is 5.97 Å². The van der Waals surface area contributed by atoms with Gasteiger partial charge in [0.2, 0.25) is 0 Å². The summed E-state index contributed by atoms with van der Waals surface area (Å²) in [4.78, 5) is 11.2. The highest BCUT2D eigenvalue weighted by Crippen LogP contribution is 2.31. The molecule has 0 unspecified atom stereocenters. The summed E-state index contributed by atoms with van der Waals surface area (Å²) in [6, 6.07) is 0. The third-order valence-electron chi connectivity index (χ3n) is 2.59. The fourth-order valence-corrected chi connectivity index (χ4v) is 2.00. The fraction of sp³-hybridized carbons (Fsp3) is 0.900. The minimum Gasteiger partial charge on any atom is -0.459 e. The standard InChI is InChI=1S/C10H18O2S/c1-10(6-3-2-4-7-10)12-9(11)5-8-13/h13H,2-8H2,1H3. The molecule has 76 valence electrons. The van der Waals surface area contributed by atoms with E-state index in [4.69, 9.17) is 4.74 Å². The van der Waals surface area contributed by atoms with E-state index in [0.717, 1.165) is 12.8 Å². The predicted molar refractivity (Wildman–Crippen MR) is 56.1 cm³/mol. The van der Waals surface area contributed by atoms with Crippen LogP contribution in [0.4, 0.5) is 0 Å². The largest absolute Gasteiger partial charge is 0.459 e. The number of thiol groups is 1. The van der Waals surface area contributed by atoms with Gasteiger partial charge in [-0.05, 0) is 32.6 Å². The van der Waals surface area contributed by atoms with E-state index in [9.17, 15) is 4.79 Å². The van der Waals surface area contributed by atoms with Crippen LogP contribution in [0.5, 0.6) is 0 Å². The van der Waals surface area contributed by atoms with Crippen molar-refractivity contribution >= 4 is 18.6 Å². The summed E-state index contributed by atoms with van der Waals surface area (Å²) in [7, 11) is 0. The second kappa shape index (κ2) is 4.89. The molecule has 1 aliphatic rings. The molecule has 3 heteroatoms. The molecule has 0 aromatic carbocycles. The Morgan fingerprint density at radius 3 is 2.54 bits per heavy atom. The third kappa shape index (κ3) is 3.59. The van der Waals surface area contributed by atoms with Crippen molar-refractivity contribution in [3.8, 4) is 0 Å². The zero-order chi connectivity index (χ0) is 9.73. The molecule has 0 bridgehead atoms. The third-order valence-corrected chi connectivity index (χ3v) is 2.81. The maximum absolute atomic E-state index is 11.2. The van der Waals surface area contributed by atoms with Crippen molar-refractivity contribution in [2.45, 2.75) is 51.0 Å². The lowest BCUT2D eigenvalue weighted by Crippen LogP contribution is -2.33. The van der Waals surface area contributed by atoms with Crippen molar-refractivity contribution in [2.24, 2.45) is 0 Å². The predicted octanol–water partition coefficient (Wildman–Crippen LogP) is 2.57. The zero-order valence-corrected chi connectivity index (χ0v) is 9.11. The lowest BCUT2D eigenvalue weighted by molar-refractivity contribution is -0.160. The monoisotopic (exact) mass is 202 g/mol. The van der Waals surface area contributed by atoms with E-state index in [1.165, 1.54) is 19.3 Å². The van der Waals surface area contributed by atoms with Gasteiger partial charge in [-0.3, -0.25) is 4.79 Å². The van der Waals surface area contributed by atoms with Gasteiger partial charge in [0.15, 0.2) is 0 Å². The summed E-state index contributed by atoms with van der Waals surface area (Å²) in [6.45, 7) is 2.04. The fourth-order valence-electron chi connectivity index (χ4n) is 1.82. The molecule has 2 nitrogen and oxygen atoms in total. The molecule has 0 saturated heterocycles. The van der Waals surface area contributed by atoms with Crippen LogP contribution >= 0.6 is 12.6 Å². The highest BCUT2D eigenvalue weighted by Gasteiger charge is 2.30. The molecule has 0 aromatic rings. The van der Waals surface area contributed by atoms with E-state index < -0.39 is 0 Å². The van der Waals surface area contributed by atoms with Gasteiger partial charge in [0, 0.05) is 5.75 Å². The lowest BCUT2D eigenvalue weighted by Gasteiger charge is -2.33. The summed E-state index contributed by atoms with van der Waals surface area (Å²) in [5, 5.41) is 0. The minimum atomic E-state index is -0.182. The maximum atomic E-state index is 11.2. The summed E-state index contributed by atoms with van der Waals surface area (Å²) < 4.78 is 5.43. The van der Waals surface area contributed by atoms with Gasteiger partial charge in [0.05, 0.1) is 6.42 Å².